The number of hydrogen-bond donors (Lipinski definition) is 1. The van der Waals surface area contributed by atoms with Crippen molar-refractivity contribution in [3.63, 3.8) is 0 Å². The zero-order valence-corrected chi connectivity index (χ0v) is 18.5. The van der Waals surface area contributed by atoms with Crippen molar-refractivity contribution in [2.45, 2.75) is 17.7 Å². The molecule has 0 bridgehead atoms. The third-order valence-electron chi connectivity index (χ3n) is 5.39. The van der Waals surface area contributed by atoms with Crippen molar-refractivity contribution in [3.05, 3.63) is 88.0 Å². The highest BCUT2D eigenvalue weighted by molar-refractivity contribution is 7.92. The maximum Gasteiger partial charge on any atom is 0.323 e. The Hall–Kier alpha value is -3.92. The first kappa shape index (κ1) is 22.3. The first-order valence-corrected chi connectivity index (χ1v) is 11.6. The average molecular weight is 468 g/mol. The number of nitro benzene ring substituents is 1. The van der Waals surface area contributed by atoms with Gasteiger partial charge in [0.25, 0.3) is 15.9 Å². The van der Waals surface area contributed by atoms with E-state index in [1.165, 1.54) is 53.9 Å². The summed E-state index contributed by atoms with van der Waals surface area (Å²) in [4.78, 5) is 23.6. The molecule has 0 radical (unpaired) electrons. The molecular weight excluding hydrogens is 446 g/mol. The monoisotopic (exact) mass is 467 g/mol. The number of anilines is 2. The molecule has 0 spiro atoms. The lowest BCUT2D eigenvalue weighted by atomic mass is 10.0. The quantitative estimate of drug-likeness (QED) is 0.432. The van der Waals surface area contributed by atoms with Crippen molar-refractivity contribution in [2.75, 3.05) is 23.3 Å². The van der Waals surface area contributed by atoms with Gasteiger partial charge in [-0.2, -0.15) is 0 Å². The molecule has 0 aliphatic carbocycles. The van der Waals surface area contributed by atoms with Gasteiger partial charge in [-0.15, -0.1) is 0 Å². The lowest BCUT2D eigenvalue weighted by Gasteiger charge is -2.30. The zero-order chi connectivity index (χ0) is 23.6. The van der Waals surface area contributed by atoms with E-state index in [9.17, 15) is 23.3 Å². The van der Waals surface area contributed by atoms with E-state index in [-0.39, 0.29) is 21.9 Å². The molecule has 1 aliphatic rings. The molecule has 170 valence electrons. The van der Waals surface area contributed by atoms with E-state index in [1.54, 1.807) is 12.1 Å². The largest absolute Gasteiger partial charge is 0.490 e. The van der Waals surface area contributed by atoms with Gasteiger partial charge in [0.2, 0.25) is 0 Å². The number of nitro groups is 1. The summed E-state index contributed by atoms with van der Waals surface area (Å²) in [5.41, 5.74) is 1.14. The number of carbonyl (C=O) groups is 1. The van der Waals surface area contributed by atoms with Gasteiger partial charge in [0.05, 0.1) is 22.6 Å². The van der Waals surface area contributed by atoms with E-state index < -0.39 is 26.5 Å². The van der Waals surface area contributed by atoms with Crippen molar-refractivity contribution in [3.8, 4) is 5.75 Å². The van der Waals surface area contributed by atoms with E-state index in [0.717, 1.165) is 12.0 Å². The fraction of sp³-hybridized carbons (Fsp3) is 0.174. The highest BCUT2D eigenvalue weighted by Gasteiger charge is 2.30. The number of benzene rings is 3. The molecule has 0 atom stereocenters. The third-order valence-corrected chi connectivity index (χ3v) is 7.20. The van der Waals surface area contributed by atoms with E-state index in [2.05, 4.69) is 5.32 Å². The van der Waals surface area contributed by atoms with E-state index in [0.29, 0.717) is 18.7 Å². The summed E-state index contributed by atoms with van der Waals surface area (Å²) >= 11 is 0. The second-order valence-corrected chi connectivity index (χ2v) is 9.27. The Balaban J connectivity index is 1.65. The molecule has 33 heavy (non-hydrogen) atoms. The van der Waals surface area contributed by atoms with Gasteiger partial charge < -0.3 is 10.1 Å². The number of carbonyl (C=O) groups excluding carboxylic acids is 1. The molecule has 0 saturated carbocycles. The van der Waals surface area contributed by atoms with Gasteiger partial charge in [0, 0.05) is 12.2 Å². The van der Waals surface area contributed by atoms with Crippen LogP contribution in [0.4, 0.5) is 17.1 Å². The Labute approximate surface area is 190 Å². The van der Waals surface area contributed by atoms with Crippen LogP contribution in [0.25, 0.3) is 0 Å². The minimum absolute atomic E-state index is 0.0112. The number of amides is 1. The molecule has 4 rings (SSSR count). The van der Waals surface area contributed by atoms with E-state index in [1.807, 2.05) is 12.1 Å². The number of nitrogens with zero attached hydrogens (tertiary/aromatic N) is 2. The molecule has 1 amide bonds. The van der Waals surface area contributed by atoms with Crippen LogP contribution in [0.1, 0.15) is 22.3 Å². The number of nitrogens with one attached hydrogen (secondary N) is 1. The van der Waals surface area contributed by atoms with Crippen LogP contribution in [0.2, 0.25) is 0 Å². The second kappa shape index (κ2) is 8.91. The van der Waals surface area contributed by atoms with Gasteiger partial charge in [0.15, 0.2) is 5.75 Å². The molecule has 3 aromatic carbocycles. The predicted molar refractivity (Wildman–Crippen MR) is 123 cm³/mol. The van der Waals surface area contributed by atoms with Crippen LogP contribution in [0.3, 0.4) is 0 Å². The standard InChI is InChI=1S/C23H21N3O6S/c1-32-21-13-5-11-19(22(21)26(28)29)23(27)24-17-9-4-10-18(15-17)33(30,31)25-14-6-8-16-7-2-3-12-20(16)25/h2-5,7,9-13,15H,6,8,14H2,1H3,(H,24,27). The number of para-hydroxylation sites is 2. The second-order valence-electron chi connectivity index (χ2n) is 7.40. The first-order valence-electron chi connectivity index (χ1n) is 10.2. The van der Waals surface area contributed by atoms with Crippen molar-refractivity contribution in [1.29, 1.82) is 0 Å². The topological polar surface area (TPSA) is 119 Å². The summed E-state index contributed by atoms with van der Waals surface area (Å²) in [7, 11) is -2.60. The van der Waals surface area contributed by atoms with Gasteiger partial charge in [-0.05, 0) is 54.8 Å². The van der Waals surface area contributed by atoms with Crippen LogP contribution in [-0.2, 0) is 16.4 Å². The number of sulfonamides is 1. The van der Waals surface area contributed by atoms with Gasteiger partial charge in [0.1, 0.15) is 5.56 Å². The fourth-order valence-electron chi connectivity index (χ4n) is 3.87. The maximum atomic E-state index is 13.4. The van der Waals surface area contributed by atoms with Gasteiger partial charge >= 0.3 is 5.69 Å². The van der Waals surface area contributed by atoms with E-state index >= 15 is 0 Å². The van der Waals surface area contributed by atoms with Crippen LogP contribution in [0.5, 0.6) is 5.75 Å². The Morgan fingerprint density at radius 3 is 2.61 bits per heavy atom. The Kier molecular flexibility index (Phi) is 6.01. The highest BCUT2D eigenvalue weighted by atomic mass is 32.2. The van der Waals surface area contributed by atoms with Crippen LogP contribution >= 0.6 is 0 Å². The molecule has 1 heterocycles. The van der Waals surface area contributed by atoms with E-state index in [4.69, 9.17) is 4.74 Å². The van der Waals surface area contributed by atoms with Gasteiger partial charge in [-0.25, -0.2) is 8.42 Å². The fourth-order valence-corrected chi connectivity index (χ4v) is 5.45. The molecule has 0 saturated heterocycles. The van der Waals surface area contributed by atoms with Gasteiger partial charge in [-0.3, -0.25) is 19.2 Å². The Morgan fingerprint density at radius 2 is 1.85 bits per heavy atom. The Bertz CT molecular complexity index is 1340. The number of aryl methyl sites for hydroxylation is 1. The van der Waals surface area contributed by atoms with Crippen molar-refractivity contribution in [1.82, 2.24) is 0 Å². The van der Waals surface area contributed by atoms with Crippen LogP contribution in [-0.4, -0.2) is 32.9 Å². The maximum absolute atomic E-state index is 13.4. The minimum atomic E-state index is -3.88. The summed E-state index contributed by atoms with van der Waals surface area (Å²) in [5.74, 6) is -0.800. The molecule has 9 nitrogen and oxygen atoms in total. The third kappa shape index (κ3) is 4.24. The van der Waals surface area contributed by atoms with Crippen molar-refractivity contribution < 1.29 is 22.9 Å². The number of rotatable bonds is 6. The first-order chi connectivity index (χ1) is 15.8. The summed E-state index contributed by atoms with van der Waals surface area (Å²) in [6, 6.07) is 17.4. The van der Waals surface area contributed by atoms with Crippen molar-refractivity contribution >= 4 is 33.0 Å². The molecule has 0 fully saturated rings. The number of fused-ring (bicyclic) bond motifs is 1. The summed E-state index contributed by atoms with van der Waals surface area (Å²) in [6.07, 6.45) is 1.50. The lowest BCUT2D eigenvalue weighted by Crippen LogP contribution is -2.35. The molecule has 10 heteroatoms. The number of methoxy groups -OCH3 is 1. The highest BCUT2D eigenvalue weighted by Crippen LogP contribution is 2.33. The number of ether oxygens (including phenoxy) is 1. The van der Waals surface area contributed by atoms with Crippen LogP contribution in [0, 0.1) is 10.1 Å². The Morgan fingerprint density at radius 1 is 1.09 bits per heavy atom. The summed E-state index contributed by atoms with van der Waals surface area (Å²) in [5, 5.41) is 14.0. The lowest BCUT2D eigenvalue weighted by molar-refractivity contribution is -0.386. The SMILES string of the molecule is COc1cccc(C(=O)Nc2cccc(S(=O)(=O)N3CCCc4ccccc43)c2)c1[N+](=O)[O-]. The minimum Gasteiger partial charge on any atom is -0.490 e. The molecule has 1 aliphatic heterocycles. The summed E-state index contributed by atoms with van der Waals surface area (Å²) in [6.45, 7) is 0.353. The molecule has 0 aromatic heterocycles. The molecule has 1 N–H and O–H groups in total. The van der Waals surface area contributed by atoms with Crippen LogP contribution in [0.15, 0.2) is 71.6 Å². The van der Waals surface area contributed by atoms with Crippen molar-refractivity contribution in [2.24, 2.45) is 0 Å². The normalized spacial score (nSPS) is 13.2. The van der Waals surface area contributed by atoms with Crippen LogP contribution < -0.4 is 14.4 Å². The van der Waals surface area contributed by atoms with Gasteiger partial charge in [-0.1, -0.05) is 30.3 Å². The number of hydrogen-bond acceptors (Lipinski definition) is 6. The summed E-state index contributed by atoms with van der Waals surface area (Å²) < 4.78 is 33.2. The predicted octanol–water partition coefficient (Wildman–Crippen LogP) is 4.00. The zero-order valence-electron chi connectivity index (χ0n) is 17.7. The molecule has 0 unspecified atom stereocenters. The molecular formula is C23H21N3O6S. The average Bonchev–Trinajstić information content (AvgIpc) is 2.83. The molecule has 3 aromatic rings. The smallest absolute Gasteiger partial charge is 0.323 e.